The normalized spacial score (nSPS) is 22.9. The Bertz CT molecular complexity index is 554. The molecule has 1 N–H and O–H groups in total. The molecular formula is C18H28N4O. The molecule has 1 unspecified atom stereocenters. The van der Waals surface area contributed by atoms with E-state index in [-0.39, 0.29) is 5.91 Å². The summed E-state index contributed by atoms with van der Waals surface area (Å²) in [5, 5.41) is 3.44. The van der Waals surface area contributed by atoms with Crippen molar-refractivity contribution in [3.63, 3.8) is 0 Å². The van der Waals surface area contributed by atoms with Crippen LogP contribution < -0.4 is 5.32 Å². The Balaban J connectivity index is 1.72. The van der Waals surface area contributed by atoms with Gasteiger partial charge in [0.25, 0.3) is 5.91 Å². The van der Waals surface area contributed by atoms with E-state index in [0.717, 1.165) is 25.2 Å². The van der Waals surface area contributed by atoms with Gasteiger partial charge < -0.3 is 10.2 Å². The van der Waals surface area contributed by atoms with Crippen LogP contribution in [0.3, 0.4) is 0 Å². The number of likely N-dealkylation sites (tertiary alicyclic amines) is 1. The Labute approximate surface area is 138 Å². The molecule has 5 heteroatoms. The SMILES string of the molecule is Cc1cc(C(=O)N2CCCC(C)C2)nc(NC2CCCCC2)n1. The number of amides is 1. The number of aryl methyl sites for hydroxylation is 1. The summed E-state index contributed by atoms with van der Waals surface area (Å²) in [4.78, 5) is 23.7. The third-order valence-corrected chi connectivity index (χ3v) is 4.96. The van der Waals surface area contributed by atoms with Crippen molar-refractivity contribution in [1.29, 1.82) is 0 Å². The summed E-state index contributed by atoms with van der Waals surface area (Å²) in [5.41, 5.74) is 1.39. The highest BCUT2D eigenvalue weighted by Gasteiger charge is 2.24. The molecule has 0 spiro atoms. The maximum atomic E-state index is 12.7. The average molecular weight is 316 g/mol. The minimum absolute atomic E-state index is 0.0498. The predicted octanol–water partition coefficient (Wildman–Crippen LogP) is 3.40. The van der Waals surface area contributed by atoms with E-state index in [1.807, 2.05) is 17.9 Å². The molecule has 1 aromatic rings. The van der Waals surface area contributed by atoms with Gasteiger partial charge in [0, 0.05) is 24.8 Å². The smallest absolute Gasteiger partial charge is 0.272 e. The number of nitrogens with one attached hydrogen (secondary N) is 1. The molecule has 0 aromatic carbocycles. The van der Waals surface area contributed by atoms with Crippen molar-refractivity contribution < 1.29 is 4.79 Å². The van der Waals surface area contributed by atoms with Crippen LogP contribution in [0, 0.1) is 12.8 Å². The topological polar surface area (TPSA) is 58.1 Å². The fourth-order valence-electron chi connectivity index (χ4n) is 3.71. The van der Waals surface area contributed by atoms with Crippen LogP contribution in [0.1, 0.15) is 68.1 Å². The van der Waals surface area contributed by atoms with E-state index in [4.69, 9.17) is 0 Å². The van der Waals surface area contributed by atoms with E-state index in [1.54, 1.807) is 0 Å². The molecule has 1 aliphatic heterocycles. The highest BCUT2D eigenvalue weighted by Crippen LogP contribution is 2.21. The van der Waals surface area contributed by atoms with Crippen LogP contribution in [-0.2, 0) is 0 Å². The largest absolute Gasteiger partial charge is 0.351 e. The van der Waals surface area contributed by atoms with Crippen molar-refractivity contribution in [2.45, 2.75) is 64.8 Å². The summed E-state index contributed by atoms with van der Waals surface area (Å²) < 4.78 is 0. The van der Waals surface area contributed by atoms with Gasteiger partial charge in [0.1, 0.15) is 5.69 Å². The van der Waals surface area contributed by atoms with Gasteiger partial charge in [0.2, 0.25) is 5.95 Å². The monoisotopic (exact) mass is 316 g/mol. The van der Waals surface area contributed by atoms with Crippen LogP contribution in [0.5, 0.6) is 0 Å². The van der Waals surface area contributed by atoms with Crippen molar-refractivity contribution in [1.82, 2.24) is 14.9 Å². The van der Waals surface area contributed by atoms with Gasteiger partial charge in [-0.2, -0.15) is 0 Å². The maximum Gasteiger partial charge on any atom is 0.272 e. The summed E-state index contributed by atoms with van der Waals surface area (Å²) in [6.07, 6.45) is 8.49. The van der Waals surface area contributed by atoms with Crippen molar-refractivity contribution in [2.24, 2.45) is 5.92 Å². The van der Waals surface area contributed by atoms with Gasteiger partial charge in [-0.05, 0) is 44.6 Å². The number of hydrogen-bond donors (Lipinski definition) is 1. The minimum atomic E-state index is 0.0498. The number of carbonyl (C=O) groups excluding carboxylic acids is 1. The van der Waals surface area contributed by atoms with Gasteiger partial charge >= 0.3 is 0 Å². The molecule has 5 nitrogen and oxygen atoms in total. The lowest BCUT2D eigenvalue weighted by Gasteiger charge is -2.30. The van der Waals surface area contributed by atoms with Crippen molar-refractivity contribution in [2.75, 3.05) is 18.4 Å². The number of hydrogen-bond acceptors (Lipinski definition) is 4. The first-order valence-electron chi connectivity index (χ1n) is 9.03. The van der Waals surface area contributed by atoms with Crippen molar-refractivity contribution in [3.8, 4) is 0 Å². The van der Waals surface area contributed by atoms with Crippen LogP contribution in [0.2, 0.25) is 0 Å². The first kappa shape index (κ1) is 16.2. The number of carbonyl (C=O) groups is 1. The molecule has 1 amide bonds. The van der Waals surface area contributed by atoms with Crippen molar-refractivity contribution >= 4 is 11.9 Å². The number of anilines is 1. The molecular weight excluding hydrogens is 288 g/mol. The summed E-state index contributed by atoms with van der Waals surface area (Å²) in [5.74, 6) is 1.24. The lowest BCUT2D eigenvalue weighted by Crippen LogP contribution is -2.39. The molecule has 2 aliphatic rings. The second-order valence-corrected chi connectivity index (χ2v) is 7.20. The fourth-order valence-corrected chi connectivity index (χ4v) is 3.71. The maximum absolute atomic E-state index is 12.7. The molecule has 2 fully saturated rings. The Kier molecular flexibility index (Phi) is 5.13. The van der Waals surface area contributed by atoms with Gasteiger partial charge in [-0.15, -0.1) is 0 Å². The summed E-state index contributed by atoms with van der Waals surface area (Å²) >= 11 is 0. The predicted molar refractivity (Wildman–Crippen MR) is 91.6 cm³/mol. The number of aromatic nitrogens is 2. The van der Waals surface area contributed by atoms with Gasteiger partial charge in [-0.3, -0.25) is 4.79 Å². The Morgan fingerprint density at radius 3 is 2.70 bits per heavy atom. The molecule has 3 rings (SSSR count). The molecule has 1 saturated carbocycles. The molecule has 0 bridgehead atoms. The van der Waals surface area contributed by atoms with Crippen LogP contribution in [0.15, 0.2) is 6.07 Å². The van der Waals surface area contributed by atoms with E-state index < -0.39 is 0 Å². The zero-order valence-corrected chi connectivity index (χ0v) is 14.3. The van der Waals surface area contributed by atoms with Crippen molar-refractivity contribution in [3.05, 3.63) is 17.5 Å². The molecule has 2 heterocycles. The standard InChI is InChI=1S/C18H28N4O/c1-13-7-6-10-22(12-13)17(23)16-11-14(2)19-18(21-16)20-15-8-4-3-5-9-15/h11,13,15H,3-10,12H2,1-2H3,(H,19,20,21). The lowest BCUT2D eigenvalue weighted by molar-refractivity contribution is 0.0677. The Hall–Kier alpha value is -1.65. The molecule has 1 aliphatic carbocycles. The van der Waals surface area contributed by atoms with E-state index in [9.17, 15) is 4.79 Å². The molecule has 23 heavy (non-hydrogen) atoms. The van der Waals surface area contributed by atoms with E-state index in [0.29, 0.717) is 23.6 Å². The van der Waals surface area contributed by atoms with Crippen LogP contribution in [-0.4, -0.2) is 39.9 Å². The quantitative estimate of drug-likeness (QED) is 0.928. The summed E-state index contributed by atoms with van der Waals surface area (Å²) in [6, 6.07) is 2.26. The zero-order chi connectivity index (χ0) is 16.2. The van der Waals surface area contributed by atoms with E-state index in [1.165, 1.54) is 38.5 Å². The summed E-state index contributed by atoms with van der Waals surface area (Å²) in [6.45, 7) is 5.83. The van der Waals surface area contributed by atoms with E-state index in [2.05, 4.69) is 22.2 Å². The molecule has 126 valence electrons. The van der Waals surface area contributed by atoms with Crippen LogP contribution >= 0.6 is 0 Å². The average Bonchev–Trinajstić information content (AvgIpc) is 2.54. The second kappa shape index (κ2) is 7.28. The van der Waals surface area contributed by atoms with Gasteiger partial charge in [-0.25, -0.2) is 9.97 Å². The molecule has 0 radical (unpaired) electrons. The molecule has 1 atom stereocenters. The Morgan fingerprint density at radius 1 is 1.17 bits per heavy atom. The number of piperidine rings is 1. The van der Waals surface area contributed by atoms with Crippen LogP contribution in [0.4, 0.5) is 5.95 Å². The number of nitrogens with zero attached hydrogens (tertiary/aromatic N) is 3. The van der Waals surface area contributed by atoms with Gasteiger partial charge in [0.05, 0.1) is 0 Å². The highest BCUT2D eigenvalue weighted by atomic mass is 16.2. The summed E-state index contributed by atoms with van der Waals surface area (Å²) in [7, 11) is 0. The molecule has 1 aromatic heterocycles. The van der Waals surface area contributed by atoms with E-state index >= 15 is 0 Å². The highest BCUT2D eigenvalue weighted by molar-refractivity contribution is 5.92. The first-order valence-corrected chi connectivity index (χ1v) is 9.03. The first-order chi connectivity index (χ1) is 11.1. The Morgan fingerprint density at radius 2 is 1.96 bits per heavy atom. The lowest BCUT2D eigenvalue weighted by atomic mass is 9.96. The third-order valence-electron chi connectivity index (χ3n) is 4.96. The third kappa shape index (κ3) is 4.21. The van der Waals surface area contributed by atoms with Gasteiger partial charge in [-0.1, -0.05) is 26.2 Å². The van der Waals surface area contributed by atoms with Crippen LogP contribution in [0.25, 0.3) is 0 Å². The minimum Gasteiger partial charge on any atom is -0.351 e. The zero-order valence-electron chi connectivity index (χ0n) is 14.3. The number of rotatable bonds is 3. The molecule has 1 saturated heterocycles. The fraction of sp³-hybridized carbons (Fsp3) is 0.722. The second-order valence-electron chi connectivity index (χ2n) is 7.20. The van der Waals surface area contributed by atoms with Gasteiger partial charge in [0.15, 0.2) is 0 Å².